The van der Waals surface area contributed by atoms with Crippen molar-refractivity contribution in [2.75, 3.05) is 4.90 Å². The van der Waals surface area contributed by atoms with E-state index in [9.17, 15) is 0 Å². The minimum absolute atomic E-state index is 0.496. The molecule has 3 unspecified atom stereocenters. The van der Waals surface area contributed by atoms with Gasteiger partial charge in [0.2, 0.25) is 0 Å². The van der Waals surface area contributed by atoms with Crippen molar-refractivity contribution in [2.45, 2.75) is 33.6 Å². The zero-order chi connectivity index (χ0) is 34.2. The van der Waals surface area contributed by atoms with Gasteiger partial charge in [-0.05, 0) is 108 Å². The maximum Gasteiger partial charge on any atom is 0.0539 e. The van der Waals surface area contributed by atoms with Crippen LogP contribution in [0.15, 0.2) is 158 Å². The van der Waals surface area contributed by atoms with E-state index in [2.05, 4.69) is 185 Å². The quantitative estimate of drug-likeness (QED) is 0.117. The molecule has 6 rings (SSSR count). The van der Waals surface area contributed by atoms with Crippen molar-refractivity contribution in [2.24, 2.45) is 17.8 Å². The molecule has 49 heavy (non-hydrogen) atoms. The summed E-state index contributed by atoms with van der Waals surface area (Å²) in [5.41, 5.74) is 10.3. The van der Waals surface area contributed by atoms with Gasteiger partial charge < -0.3 is 4.90 Å². The zero-order valence-corrected chi connectivity index (χ0v) is 29.1. The van der Waals surface area contributed by atoms with E-state index in [0.717, 1.165) is 45.8 Å². The molecule has 0 N–H and O–H groups in total. The van der Waals surface area contributed by atoms with Crippen molar-refractivity contribution in [1.29, 1.82) is 0 Å². The van der Waals surface area contributed by atoms with Crippen LogP contribution in [0.1, 0.15) is 55.9 Å². The summed E-state index contributed by atoms with van der Waals surface area (Å²) < 4.78 is 0. The summed E-state index contributed by atoms with van der Waals surface area (Å²) >= 11 is 0. The van der Waals surface area contributed by atoms with Crippen LogP contribution in [0.4, 0.5) is 11.4 Å². The van der Waals surface area contributed by atoms with Crippen LogP contribution >= 0.6 is 0 Å². The summed E-state index contributed by atoms with van der Waals surface area (Å²) in [4.78, 5) is 2.34. The third-order valence-corrected chi connectivity index (χ3v) is 9.86. The summed E-state index contributed by atoms with van der Waals surface area (Å²) in [6.07, 6.45) is 26.9. The predicted molar refractivity (Wildman–Crippen MR) is 215 cm³/mol. The molecular weight excluding hydrogens is 591 g/mol. The maximum absolute atomic E-state index is 4.23. The second-order valence-corrected chi connectivity index (χ2v) is 12.9. The van der Waals surface area contributed by atoms with Crippen LogP contribution in [0.2, 0.25) is 0 Å². The molecule has 0 saturated carbocycles. The van der Waals surface area contributed by atoms with Gasteiger partial charge in [0.05, 0.1) is 5.69 Å². The van der Waals surface area contributed by atoms with E-state index in [1.54, 1.807) is 0 Å². The molecule has 0 saturated heterocycles. The molecule has 4 aromatic rings. The van der Waals surface area contributed by atoms with E-state index in [0.29, 0.717) is 17.8 Å². The molecule has 1 heteroatoms. The first-order valence-electron chi connectivity index (χ1n) is 17.5. The van der Waals surface area contributed by atoms with Gasteiger partial charge in [-0.2, -0.15) is 0 Å². The van der Waals surface area contributed by atoms with Crippen molar-refractivity contribution in [1.82, 2.24) is 0 Å². The Balaban J connectivity index is 1.33. The van der Waals surface area contributed by atoms with Crippen LogP contribution in [0.3, 0.4) is 0 Å². The third kappa shape index (κ3) is 7.37. The normalized spacial score (nSPS) is 19.0. The van der Waals surface area contributed by atoms with Gasteiger partial charge in [0.1, 0.15) is 0 Å². The molecule has 4 aromatic carbocycles. The van der Waals surface area contributed by atoms with Crippen LogP contribution in [0.5, 0.6) is 0 Å². The molecule has 2 aliphatic rings. The zero-order valence-electron chi connectivity index (χ0n) is 29.1. The first kappa shape index (κ1) is 33.5. The SMILES string of the molecule is C=C/C(=C\C(=C/C)N(c1ccc(/C(=C\C)CC2C=CC3C=c4ccccc4=CC3C2)cc1)c1cccc(/C=C\C)c1C=C)c1ccccc1. The van der Waals surface area contributed by atoms with E-state index in [4.69, 9.17) is 0 Å². The summed E-state index contributed by atoms with van der Waals surface area (Å²) in [6.45, 7) is 14.7. The summed E-state index contributed by atoms with van der Waals surface area (Å²) in [6, 6.07) is 34.8. The molecule has 0 aliphatic heterocycles. The number of hydrogen-bond donors (Lipinski definition) is 0. The fraction of sp³-hybridized carbons (Fsp3) is 0.167. The largest absolute Gasteiger partial charge is 0.310 e. The number of nitrogens with zero attached hydrogens (tertiary/aromatic N) is 1. The highest BCUT2D eigenvalue weighted by atomic mass is 15.1. The molecule has 0 heterocycles. The second-order valence-electron chi connectivity index (χ2n) is 12.9. The average Bonchev–Trinajstić information content (AvgIpc) is 3.15. The first-order valence-corrected chi connectivity index (χ1v) is 17.5. The molecule has 1 nitrogen and oxygen atoms in total. The van der Waals surface area contributed by atoms with Gasteiger partial charge in [-0.15, -0.1) is 0 Å². The fourth-order valence-electron chi connectivity index (χ4n) is 7.35. The maximum atomic E-state index is 4.23. The van der Waals surface area contributed by atoms with Gasteiger partial charge in [0.25, 0.3) is 0 Å². The van der Waals surface area contributed by atoms with E-state index in [-0.39, 0.29) is 0 Å². The Bertz CT molecular complexity index is 2080. The van der Waals surface area contributed by atoms with E-state index in [1.165, 1.54) is 28.0 Å². The van der Waals surface area contributed by atoms with Crippen LogP contribution in [-0.4, -0.2) is 0 Å². The lowest BCUT2D eigenvalue weighted by atomic mass is 9.74. The smallest absolute Gasteiger partial charge is 0.0539 e. The topological polar surface area (TPSA) is 3.24 Å². The van der Waals surface area contributed by atoms with E-state index < -0.39 is 0 Å². The lowest BCUT2D eigenvalue weighted by molar-refractivity contribution is 0.441. The Labute approximate surface area is 293 Å². The molecule has 0 radical (unpaired) electrons. The van der Waals surface area contributed by atoms with Gasteiger partial charge in [-0.3, -0.25) is 0 Å². The molecule has 244 valence electrons. The molecule has 3 atom stereocenters. The van der Waals surface area contributed by atoms with Gasteiger partial charge >= 0.3 is 0 Å². The Morgan fingerprint density at radius 3 is 2.16 bits per heavy atom. The van der Waals surface area contributed by atoms with E-state index >= 15 is 0 Å². The number of anilines is 2. The number of allylic oxidation sites excluding steroid dienone is 9. The first-order chi connectivity index (χ1) is 24.1. The van der Waals surface area contributed by atoms with Crippen LogP contribution < -0.4 is 15.3 Å². The Kier molecular flexibility index (Phi) is 10.7. The van der Waals surface area contributed by atoms with Gasteiger partial charge in [0, 0.05) is 22.9 Å². The monoisotopic (exact) mass is 637 g/mol. The Hall–Kier alpha value is -5.40. The number of benzene rings is 4. The van der Waals surface area contributed by atoms with Gasteiger partial charge in [0.15, 0.2) is 0 Å². The van der Waals surface area contributed by atoms with Gasteiger partial charge in [-0.1, -0.05) is 153 Å². The van der Waals surface area contributed by atoms with Crippen molar-refractivity contribution < 1.29 is 0 Å². The number of rotatable bonds is 11. The predicted octanol–water partition coefficient (Wildman–Crippen LogP) is 11.6. The van der Waals surface area contributed by atoms with Crippen molar-refractivity contribution in [3.8, 4) is 0 Å². The summed E-state index contributed by atoms with van der Waals surface area (Å²) in [5, 5.41) is 2.74. The Morgan fingerprint density at radius 1 is 0.755 bits per heavy atom. The lowest BCUT2D eigenvalue weighted by Crippen LogP contribution is -2.33. The lowest BCUT2D eigenvalue weighted by Gasteiger charge is -2.31. The van der Waals surface area contributed by atoms with Crippen LogP contribution in [0, 0.1) is 17.8 Å². The number of hydrogen-bond acceptors (Lipinski definition) is 1. The molecule has 0 spiro atoms. The third-order valence-electron chi connectivity index (χ3n) is 9.86. The summed E-state index contributed by atoms with van der Waals surface area (Å²) in [7, 11) is 0. The number of fused-ring (bicyclic) bond motifs is 2. The van der Waals surface area contributed by atoms with Crippen LogP contribution in [-0.2, 0) is 0 Å². The summed E-state index contributed by atoms with van der Waals surface area (Å²) in [5.74, 6) is 1.56. The fourth-order valence-corrected chi connectivity index (χ4v) is 7.35. The van der Waals surface area contributed by atoms with Crippen molar-refractivity contribution >= 4 is 46.8 Å². The van der Waals surface area contributed by atoms with E-state index in [1.807, 2.05) is 18.2 Å². The highest BCUT2D eigenvalue weighted by Gasteiger charge is 2.26. The molecular formula is C48H47N. The van der Waals surface area contributed by atoms with Crippen molar-refractivity contribution in [3.63, 3.8) is 0 Å². The average molecular weight is 638 g/mol. The second kappa shape index (κ2) is 15.7. The molecule has 0 bridgehead atoms. The van der Waals surface area contributed by atoms with Gasteiger partial charge in [-0.25, -0.2) is 0 Å². The molecule has 2 aliphatic carbocycles. The Morgan fingerprint density at radius 2 is 1.49 bits per heavy atom. The highest BCUT2D eigenvalue weighted by molar-refractivity contribution is 5.85. The highest BCUT2D eigenvalue weighted by Crippen LogP contribution is 2.39. The standard InChI is InChI=1S/C48H47N/c1-6-17-40-22-16-23-48(47(40)10-5)49(45(9-4)34-37(8-3)38-18-12-11-13-19-38)46-28-26-39(27-29-46)36(7-2)30-35-24-25-43-32-41-20-14-15-21-42(41)33-44(43)31-35/h6-29,32-35,43-44H,3,5,30-31H2,1-2,4H3/b17-6-,36-7-,37-34+,45-9+. The van der Waals surface area contributed by atoms with Crippen LogP contribution in [0.25, 0.3) is 35.5 Å². The van der Waals surface area contributed by atoms with Crippen molar-refractivity contribution in [3.05, 3.63) is 191 Å². The minimum Gasteiger partial charge on any atom is -0.310 e. The molecule has 0 fully saturated rings. The minimum atomic E-state index is 0.496. The molecule has 0 aromatic heterocycles. The molecule has 0 amide bonds.